The first-order valence-electron chi connectivity index (χ1n) is 13.1. The zero-order valence-corrected chi connectivity index (χ0v) is 21.7. The largest absolute Gasteiger partial charge is 0.340 e. The number of nitrogens with one attached hydrogen (secondary N) is 2. The number of aromatic nitrogens is 5. The number of thiophene rings is 1. The summed E-state index contributed by atoms with van der Waals surface area (Å²) < 4.78 is 0. The highest BCUT2D eigenvalue weighted by molar-refractivity contribution is 7.19. The van der Waals surface area contributed by atoms with Crippen molar-refractivity contribution in [2.45, 2.75) is 25.8 Å². The van der Waals surface area contributed by atoms with Crippen LogP contribution in [0.2, 0.25) is 0 Å². The third kappa shape index (κ3) is 4.39. The number of rotatable bonds is 5. The summed E-state index contributed by atoms with van der Waals surface area (Å²) in [4.78, 5) is 33.5. The second-order valence-corrected chi connectivity index (χ2v) is 11.2. The number of pyridine rings is 1. The number of aryl methyl sites for hydroxylation is 1. The molecule has 192 valence electrons. The van der Waals surface area contributed by atoms with E-state index >= 15 is 0 Å². The number of hydrogen-bond acceptors (Lipinski definition) is 8. The van der Waals surface area contributed by atoms with E-state index in [2.05, 4.69) is 58.5 Å². The van der Waals surface area contributed by atoms with Crippen LogP contribution in [0.4, 0.5) is 11.5 Å². The molecule has 1 unspecified atom stereocenters. The molecule has 1 aromatic carbocycles. The SMILES string of the molecule is O=C(C1CCc2c(sc3ncnc(Nc4ccc5[nH]ncc5c4)c23)C1)N1CCN(Cc2ccncc2)CC1. The van der Waals surface area contributed by atoms with Gasteiger partial charge in [0.25, 0.3) is 0 Å². The maximum absolute atomic E-state index is 13.5. The summed E-state index contributed by atoms with van der Waals surface area (Å²) >= 11 is 1.71. The van der Waals surface area contributed by atoms with E-state index in [4.69, 9.17) is 0 Å². The van der Waals surface area contributed by atoms with Gasteiger partial charge in [0, 0.05) is 67.0 Å². The molecule has 0 spiro atoms. The first-order chi connectivity index (χ1) is 18.7. The molecule has 1 fully saturated rings. The molecule has 5 heterocycles. The van der Waals surface area contributed by atoms with Crippen LogP contribution in [-0.4, -0.2) is 67.0 Å². The number of nitrogens with zero attached hydrogens (tertiary/aromatic N) is 6. The quantitative estimate of drug-likeness (QED) is 0.356. The minimum absolute atomic E-state index is 0.0372. The predicted octanol–water partition coefficient (Wildman–Crippen LogP) is 4.16. The average Bonchev–Trinajstić information content (AvgIpc) is 3.58. The highest BCUT2D eigenvalue weighted by Crippen LogP contribution is 2.41. The lowest BCUT2D eigenvalue weighted by molar-refractivity contribution is -0.137. The minimum atomic E-state index is 0.0372. The van der Waals surface area contributed by atoms with Crippen LogP contribution < -0.4 is 5.32 Å². The lowest BCUT2D eigenvalue weighted by Gasteiger charge is -2.37. The zero-order chi connectivity index (χ0) is 25.5. The maximum atomic E-state index is 13.5. The first-order valence-corrected chi connectivity index (χ1v) is 13.9. The topological polar surface area (TPSA) is 103 Å². The van der Waals surface area contributed by atoms with Crippen LogP contribution in [0.5, 0.6) is 0 Å². The molecule has 1 atom stereocenters. The Bertz CT molecular complexity index is 1610. The second-order valence-electron chi connectivity index (χ2n) is 10.1. The van der Waals surface area contributed by atoms with E-state index in [0.29, 0.717) is 5.91 Å². The molecule has 5 aromatic rings. The molecular formula is C28H28N8OS. The van der Waals surface area contributed by atoms with Gasteiger partial charge < -0.3 is 10.2 Å². The summed E-state index contributed by atoms with van der Waals surface area (Å²) in [6.07, 6.45) is 9.64. The van der Waals surface area contributed by atoms with E-state index in [1.165, 1.54) is 16.0 Å². The number of carbonyl (C=O) groups excluding carboxylic acids is 1. The fourth-order valence-corrected chi connectivity index (χ4v) is 6.97. The highest BCUT2D eigenvalue weighted by Gasteiger charge is 2.32. The predicted molar refractivity (Wildman–Crippen MR) is 148 cm³/mol. The summed E-state index contributed by atoms with van der Waals surface area (Å²) in [5.74, 6) is 1.16. The molecule has 0 radical (unpaired) electrons. The molecule has 38 heavy (non-hydrogen) atoms. The number of amides is 1. The van der Waals surface area contributed by atoms with Gasteiger partial charge in [-0.05, 0) is 60.7 Å². The van der Waals surface area contributed by atoms with Gasteiger partial charge in [-0.25, -0.2) is 9.97 Å². The third-order valence-electron chi connectivity index (χ3n) is 7.74. The van der Waals surface area contributed by atoms with E-state index in [1.807, 2.05) is 30.7 Å². The number of hydrogen-bond donors (Lipinski definition) is 2. The van der Waals surface area contributed by atoms with Crippen LogP contribution in [0.15, 0.2) is 55.2 Å². The summed E-state index contributed by atoms with van der Waals surface area (Å²) in [7, 11) is 0. The van der Waals surface area contributed by atoms with Gasteiger partial charge in [-0.15, -0.1) is 11.3 Å². The number of benzene rings is 1. The molecule has 9 nitrogen and oxygen atoms in total. The van der Waals surface area contributed by atoms with Crippen LogP contribution >= 0.6 is 11.3 Å². The Hall–Kier alpha value is -3.89. The van der Waals surface area contributed by atoms with Crippen LogP contribution in [0.25, 0.3) is 21.1 Å². The van der Waals surface area contributed by atoms with Gasteiger partial charge in [-0.3, -0.25) is 19.8 Å². The molecule has 2 N–H and O–H groups in total. The normalized spacial score (nSPS) is 18.1. The fraction of sp³-hybridized carbons (Fsp3) is 0.321. The van der Waals surface area contributed by atoms with Crippen molar-refractivity contribution in [2.75, 3.05) is 31.5 Å². The first kappa shape index (κ1) is 23.2. The summed E-state index contributed by atoms with van der Waals surface area (Å²) in [5, 5.41) is 12.7. The smallest absolute Gasteiger partial charge is 0.226 e. The number of anilines is 2. The summed E-state index contributed by atoms with van der Waals surface area (Å²) in [5.41, 5.74) is 4.53. The number of piperazine rings is 1. The Morgan fingerprint density at radius 2 is 1.97 bits per heavy atom. The lowest BCUT2D eigenvalue weighted by Crippen LogP contribution is -2.50. The van der Waals surface area contributed by atoms with Crippen molar-refractivity contribution >= 4 is 49.9 Å². The number of aromatic amines is 1. The summed E-state index contributed by atoms with van der Waals surface area (Å²) in [6.45, 7) is 4.31. The molecule has 0 bridgehead atoms. The molecule has 0 saturated carbocycles. The van der Waals surface area contributed by atoms with Crippen molar-refractivity contribution in [3.63, 3.8) is 0 Å². The standard InChI is InChI=1S/C28H28N8OS/c37-28(36-11-9-35(10-12-36)16-18-5-7-29-8-6-18)19-1-3-22-24(14-19)38-27-25(22)26(30-17-31-27)33-21-2-4-23-20(13-21)15-32-34-23/h2,4-8,13,15,17,19H,1,3,9-12,14,16H2,(H,32,34)(H,30,31,33). The Labute approximate surface area is 223 Å². The lowest BCUT2D eigenvalue weighted by atomic mass is 9.86. The van der Waals surface area contributed by atoms with Crippen LogP contribution in [0, 0.1) is 5.92 Å². The van der Waals surface area contributed by atoms with Gasteiger partial charge in [0.05, 0.1) is 17.1 Å². The molecular weight excluding hydrogens is 496 g/mol. The van der Waals surface area contributed by atoms with Crippen molar-refractivity contribution in [2.24, 2.45) is 5.92 Å². The van der Waals surface area contributed by atoms with Crippen LogP contribution in [0.1, 0.15) is 22.4 Å². The highest BCUT2D eigenvalue weighted by atomic mass is 32.1. The van der Waals surface area contributed by atoms with Crippen molar-refractivity contribution < 1.29 is 4.79 Å². The summed E-state index contributed by atoms with van der Waals surface area (Å²) in [6, 6.07) is 10.2. The van der Waals surface area contributed by atoms with Crippen molar-refractivity contribution in [1.82, 2.24) is 34.9 Å². The number of fused-ring (bicyclic) bond motifs is 4. The second kappa shape index (κ2) is 9.77. The third-order valence-corrected chi connectivity index (χ3v) is 8.90. The number of carbonyl (C=O) groups is 1. The molecule has 1 aliphatic heterocycles. The van der Waals surface area contributed by atoms with Gasteiger partial charge >= 0.3 is 0 Å². The van der Waals surface area contributed by atoms with Gasteiger partial charge in [0.1, 0.15) is 17.0 Å². The van der Waals surface area contributed by atoms with E-state index in [-0.39, 0.29) is 5.92 Å². The van der Waals surface area contributed by atoms with Gasteiger partial charge in [-0.2, -0.15) is 5.10 Å². The zero-order valence-electron chi connectivity index (χ0n) is 20.9. The molecule has 1 aliphatic carbocycles. The average molecular weight is 525 g/mol. The van der Waals surface area contributed by atoms with Crippen LogP contribution in [0.3, 0.4) is 0 Å². The molecule has 2 aliphatic rings. The molecule has 1 saturated heterocycles. The maximum Gasteiger partial charge on any atom is 0.226 e. The van der Waals surface area contributed by atoms with Gasteiger partial charge in [0.2, 0.25) is 5.91 Å². The fourth-order valence-electron chi connectivity index (χ4n) is 5.70. The van der Waals surface area contributed by atoms with Gasteiger partial charge in [-0.1, -0.05) is 0 Å². The van der Waals surface area contributed by atoms with Crippen molar-refractivity contribution in [3.05, 3.63) is 71.3 Å². The van der Waals surface area contributed by atoms with E-state index < -0.39 is 0 Å². The molecule has 1 amide bonds. The van der Waals surface area contributed by atoms with Gasteiger partial charge in [0.15, 0.2) is 0 Å². The van der Waals surface area contributed by atoms with E-state index in [1.54, 1.807) is 17.7 Å². The van der Waals surface area contributed by atoms with Crippen LogP contribution in [-0.2, 0) is 24.2 Å². The molecule has 7 rings (SSSR count). The van der Waals surface area contributed by atoms with Crippen molar-refractivity contribution in [1.29, 1.82) is 0 Å². The number of H-pyrrole nitrogens is 1. The van der Waals surface area contributed by atoms with E-state index in [0.717, 1.165) is 84.6 Å². The Balaban J connectivity index is 1.05. The van der Waals surface area contributed by atoms with E-state index in [9.17, 15) is 4.79 Å². The Morgan fingerprint density at radius 1 is 1.11 bits per heavy atom. The van der Waals surface area contributed by atoms with Crippen molar-refractivity contribution in [3.8, 4) is 0 Å². The minimum Gasteiger partial charge on any atom is -0.340 e. The Morgan fingerprint density at radius 3 is 2.84 bits per heavy atom. The molecule has 10 heteroatoms. The molecule has 4 aromatic heterocycles. The monoisotopic (exact) mass is 524 g/mol. The Kier molecular flexibility index (Phi) is 5.98.